The molecule has 1 aromatic heterocycles. The third kappa shape index (κ3) is 1.65. The van der Waals surface area contributed by atoms with Crippen LogP contribution in [0.15, 0.2) is 36.5 Å². The van der Waals surface area contributed by atoms with Crippen molar-refractivity contribution in [3.8, 4) is 0 Å². The Morgan fingerprint density at radius 2 is 2.00 bits per heavy atom. The normalized spacial score (nSPS) is 19.1. The standard InChI is InChI=1S/C13H13ClN4/c1-9-10-5-3-4-6-11(10)18(17(9)2)12-7-8-15-13(14)16-12/h3-9H,1-2H3. The number of rotatable bonds is 1. The molecule has 0 N–H and O–H groups in total. The molecule has 1 aliphatic heterocycles. The van der Waals surface area contributed by atoms with Crippen LogP contribution in [-0.2, 0) is 0 Å². The van der Waals surface area contributed by atoms with Crippen LogP contribution in [0, 0.1) is 0 Å². The zero-order valence-corrected chi connectivity index (χ0v) is 11.0. The summed E-state index contributed by atoms with van der Waals surface area (Å²) in [5.41, 5.74) is 2.43. The molecule has 92 valence electrons. The first-order valence-electron chi connectivity index (χ1n) is 5.79. The quantitative estimate of drug-likeness (QED) is 0.737. The largest absolute Gasteiger partial charge is 0.256 e. The van der Waals surface area contributed by atoms with Crippen LogP contribution in [0.5, 0.6) is 0 Å². The van der Waals surface area contributed by atoms with Crippen LogP contribution < -0.4 is 5.01 Å². The molecule has 0 amide bonds. The number of benzene rings is 1. The van der Waals surface area contributed by atoms with Crippen LogP contribution in [0.25, 0.3) is 0 Å². The van der Waals surface area contributed by atoms with E-state index in [1.165, 1.54) is 5.56 Å². The third-order valence-corrected chi connectivity index (χ3v) is 3.50. The first-order valence-corrected chi connectivity index (χ1v) is 6.16. The Labute approximate surface area is 111 Å². The molecule has 18 heavy (non-hydrogen) atoms. The smallest absolute Gasteiger partial charge is 0.224 e. The minimum Gasteiger partial charge on any atom is -0.256 e. The van der Waals surface area contributed by atoms with Crippen LogP contribution in [0.1, 0.15) is 18.5 Å². The summed E-state index contributed by atoms with van der Waals surface area (Å²) in [6.07, 6.45) is 1.67. The molecule has 2 heterocycles. The van der Waals surface area contributed by atoms with Gasteiger partial charge in [0.15, 0.2) is 5.82 Å². The predicted molar refractivity (Wildman–Crippen MR) is 71.8 cm³/mol. The van der Waals surface area contributed by atoms with E-state index in [1.54, 1.807) is 6.20 Å². The van der Waals surface area contributed by atoms with E-state index in [4.69, 9.17) is 11.6 Å². The number of aromatic nitrogens is 2. The molecule has 4 nitrogen and oxygen atoms in total. The second-order valence-corrected chi connectivity index (χ2v) is 4.64. The number of anilines is 2. The first kappa shape index (κ1) is 11.4. The second-order valence-electron chi connectivity index (χ2n) is 4.30. The van der Waals surface area contributed by atoms with Crippen molar-refractivity contribution in [2.45, 2.75) is 13.0 Å². The molecule has 0 aliphatic carbocycles. The molecule has 0 saturated heterocycles. The molecule has 1 atom stereocenters. The molecular weight excluding hydrogens is 248 g/mol. The van der Waals surface area contributed by atoms with Crippen molar-refractivity contribution in [1.29, 1.82) is 0 Å². The lowest BCUT2D eigenvalue weighted by molar-refractivity contribution is 0.291. The average molecular weight is 261 g/mol. The predicted octanol–water partition coefficient (Wildman–Crippen LogP) is 3.19. The lowest BCUT2D eigenvalue weighted by Crippen LogP contribution is -2.32. The van der Waals surface area contributed by atoms with Gasteiger partial charge in [0.2, 0.25) is 5.28 Å². The number of hydrogen-bond acceptors (Lipinski definition) is 4. The molecule has 0 radical (unpaired) electrons. The minimum absolute atomic E-state index is 0.262. The molecule has 0 bridgehead atoms. The summed E-state index contributed by atoms with van der Waals surface area (Å²) in [6, 6.07) is 10.5. The Morgan fingerprint density at radius 3 is 2.78 bits per heavy atom. The zero-order chi connectivity index (χ0) is 12.7. The van der Waals surface area contributed by atoms with Gasteiger partial charge in [-0.1, -0.05) is 18.2 Å². The highest BCUT2D eigenvalue weighted by Crippen LogP contribution is 2.42. The molecular formula is C13H13ClN4. The summed E-state index contributed by atoms with van der Waals surface area (Å²) in [7, 11) is 2.04. The van der Waals surface area contributed by atoms with Gasteiger partial charge in [-0.2, -0.15) is 4.98 Å². The molecule has 3 rings (SSSR count). The fourth-order valence-electron chi connectivity index (χ4n) is 2.31. The van der Waals surface area contributed by atoms with Gasteiger partial charge in [0.1, 0.15) is 0 Å². The van der Waals surface area contributed by atoms with E-state index in [1.807, 2.05) is 19.2 Å². The van der Waals surface area contributed by atoms with Gasteiger partial charge in [0.25, 0.3) is 0 Å². The Bertz CT molecular complexity index is 587. The van der Waals surface area contributed by atoms with Gasteiger partial charge in [-0.25, -0.2) is 9.99 Å². The van der Waals surface area contributed by atoms with Crippen molar-refractivity contribution < 1.29 is 0 Å². The number of hydrazine groups is 1. The number of para-hydroxylation sites is 1. The van der Waals surface area contributed by atoms with Crippen LogP contribution in [0.3, 0.4) is 0 Å². The van der Waals surface area contributed by atoms with Crippen LogP contribution >= 0.6 is 11.6 Å². The third-order valence-electron chi connectivity index (χ3n) is 3.32. The van der Waals surface area contributed by atoms with Crippen molar-refractivity contribution in [3.05, 3.63) is 47.4 Å². The van der Waals surface area contributed by atoms with Crippen molar-refractivity contribution in [1.82, 2.24) is 15.0 Å². The molecule has 1 aromatic carbocycles. The number of nitrogens with zero attached hydrogens (tertiary/aromatic N) is 4. The molecule has 1 aliphatic rings. The molecule has 2 aromatic rings. The molecule has 0 spiro atoms. The summed E-state index contributed by atoms with van der Waals surface area (Å²) < 4.78 is 0. The minimum atomic E-state index is 0.262. The van der Waals surface area contributed by atoms with Gasteiger partial charge in [-0.15, -0.1) is 0 Å². The lowest BCUT2D eigenvalue weighted by Gasteiger charge is -2.28. The van der Waals surface area contributed by atoms with Gasteiger partial charge < -0.3 is 0 Å². The summed E-state index contributed by atoms with van der Waals surface area (Å²) in [5, 5.41) is 4.47. The number of hydrogen-bond donors (Lipinski definition) is 0. The fraction of sp³-hybridized carbons (Fsp3) is 0.231. The maximum Gasteiger partial charge on any atom is 0.224 e. The fourth-order valence-corrected chi connectivity index (χ4v) is 2.45. The van der Waals surface area contributed by atoms with Gasteiger partial charge in [0, 0.05) is 19.3 Å². The van der Waals surface area contributed by atoms with E-state index >= 15 is 0 Å². The Kier molecular flexibility index (Phi) is 2.69. The Morgan fingerprint density at radius 1 is 1.22 bits per heavy atom. The first-order chi connectivity index (χ1) is 8.68. The van der Waals surface area contributed by atoms with Crippen molar-refractivity contribution >= 4 is 23.1 Å². The van der Waals surface area contributed by atoms with Crippen LogP contribution in [-0.4, -0.2) is 22.0 Å². The van der Waals surface area contributed by atoms with Gasteiger partial charge in [-0.3, -0.25) is 5.01 Å². The topological polar surface area (TPSA) is 32.3 Å². The highest BCUT2D eigenvalue weighted by molar-refractivity contribution is 6.28. The van der Waals surface area contributed by atoms with Crippen molar-refractivity contribution in [3.63, 3.8) is 0 Å². The Balaban J connectivity index is 2.13. The SMILES string of the molecule is CC1c2ccccc2N(c2ccnc(Cl)n2)N1C. The highest BCUT2D eigenvalue weighted by Gasteiger charge is 2.32. The molecule has 1 unspecified atom stereocenters. The number of fused-ring (bicyclic) bond motifs is 1. The van der Waals surface area contributed by atoms with E-state index in [0.29, 0.717) is 6.04 Å². The van der Waals surface area contributed by atoms with Crippen LogP contribution in [0.4, 0.5) is 11.5 Å². The van der Waals surface area contributed by atoms with Gasteiger partial charge in [-0.05, 0) is 30.2 Å². The van der Waals surface area contributed by atoms with Crippen molar-refractivity contribution in [2.75, 3.05) is 12.1 Å². The summed E-state index contributed by atoms with van der Waals surface area (Å²) in [4.78, 5) is 8.20. The maximum atomic E-state index is 5.87. The summed E-state index contributed by atoms with van der Waals surface area (Å²) >= 11 is 5.87. The highest BCUT2D eigenvalue weighted by atomic mass is 35.5. The second kappa shape index (κ2) is 4.23. The van der Waals surface area contributed by atoms with E-state index < -0.39 is 0 Å². The Hall–Kier alpha value is -1.65. The van der Waals surface area contributed by atoms with E-state index in [2.05, 4.69) is 45.1 Å². The van der Waals surface area contributed by atoms with Crippen LogP contribution in [0.2, 0.25) is 5.28 Å². The average Bonchev–Trinajstić information content (AvgIpc) is 2.63. The molecule has 5 heteroatoms. The van der Waals surface area contributed by atoms with Gasteiger partial charge >= 0.3 is 0 Å². The van der Waals surface area contributed by atoms with E-state index in [-0.39, 0.29) is 5.28 Å². The monoisotopic (exact) mass is 260 g/mol. The lowest BCUT2D eigenvalue weighted by atomic mass is 10.1. The summed E-state index contributed by atoms with van der Waals surface area (Å²) in [6.45, 7) is 2.17. The molecule has 0 saturated carbocycles. The maximum absolute atomic E-state index is 5.87. The van der Waals surface area contributed by atoms with Crippen molar-refractivity contribution in [2.24, 2.45) is 0 Å². The molecule has 0 fully saturated rings. The number of halogens is 1. The summed E-state index contributed by atoms with van der Waals surface area (Å²) in [5.74, 6) is 0.786. The van der Waals surface area contributed by atoms with E-state index in [9.17, 15) is 0 Å². The zero-order valence-electron chi connectivity index (χ0n) is 10.2. The van der Waals surface area contributed by atoms with E-state index in [0.717, 1.165) is 11.5 Å². The van der Waals surface area contributed by atoms with Gasteiger partial charge in [0.05, 0.1) is 11.7 Å².